The maximum atomic E-state index is 14.0. The fourth-order valence-corrected chi connectivity index (χ4v) is 5.65. The van der Waals surface area contributed by atoms with E-state index in [2.05, 4.69) is 24.4 Å². The molecule has 5 rings (SSSR count). The zero-order valence-corrected chi connectivity index (χ0v) is 20.3. The topological polar surface area (TPSA) is 54.3 Å². The molecule has 1 aliphatic heterocycles. The van der Waals surface area contributed by atoms with Crippen molar-refractivity contribution in [2.24, 2.45) is 0 Å². The molecule has 2 heterocycles. The first-order chi connectivity index (χ1) is 16.5. The Morgan fingerprint density at radius 1 is 1.00 bits per heavy atom. The molecule has 0 saturated heterocycles. The molecule has 1 aromatic heterocycles. The number of para-hydroxylation sites is 1. The van der Waals surface area contributed by atoms with Crippen LogP contribution in [0.25, 0.3) is 10.9 Å². The van der Waals surface area contributed by atoms with E-state index >= 15 is 0 Å². The predicted octanol–water partition coefficient (Wildman–Crippen LogP) is 5.59. The monoisotopic (exact) mass is 457 g/mol. The molecule has 5 heteroatoms. The summed E-state index contributed by atoms with van der Waals surface area (Å²) in [6.45, 7) is 4.87. The molecule has 1 unspecified atom stereocenters. The van der Waals surface area contributed by atoms with Crippen molar-refractivity contribution in [1.29, 1.82) is 0 Å². The fourth-order valence-electron chi connectivity index (χ4n) is 5.65. The summed E-state index contributed by atoms with van der Waals surface area (Å²) >= 11 is 0. The molecule has 3 aromatic rings. The van der Waals surface area contributed by atoms with Gasteiger partial charge in [-0.2, -0.15) is 0 Å². The third kappa shape index (κ3) is 4.13. The Labute approximate surface area is 202 Å². The first-order valence-electron chi connectivity index (χ1n) is 12.7. The normalized spacial score (nSPS) is 21.7. The summed E-state index contributed by atoms with van der Waals surface area (Å²) in [6, 6.07) is 18.3. The minimum atomic E-state index is -0.976. The SMILES string of the molecule is Cc1ccccc1CN1C(=O)c2cc3ccccc3n2CC1(C)C(=O)NC1CCCCCCC1. The van der Waals surface area contributed by atoms with Crippen LogP contribution in [0.5, 0.6) is 0 Å². The quantitative estimate of drug-likeness (QED) is 0.555. The van der Waals surface area contributed by atoms with Gasteiger partial charge in [0.2, 0.25) is 5.91 Å². The van der Waals surface area contributed by atoms with Gasteiger partial charge in [0.15, 0.2) is 0 Å². The van der Waals surface area contributed by atoms with Gasteiger partial charge in [0.05, 0.1) is 6.54 Å². The summed E-state index contributed by atoms with van der Waals surface area (Å²) in [7, 11) is 0. The molecule has 1 atom stereocenters. The van der Waals surface area contributed by atoms with E-state index in [0.717, 1.165) is 47.7 Å². The highest BCUT2D eigenvalue weighted by molar-refractivity contribution is 6.03. The zero-order valence-electron chi connectivity index (χ0n) is 20.3. The Kier molecular flexibility index (Phi) is 6.20. The molecular formula is C29H35N3O2. The fraction of sp³-hybridized carbons (Fsp3) is 0.448. The van der Waals surface area contributed by atoms with Crippen LogP contribution < -0.4 is 5.32 Å². The number of fused-ring (bicyclic) bond motifs is 3. The number of hydrogen-bond donors (Lipinski definition) is 1. The predicted molar refractivity (Wildman–Crippen MR) is 136 cm³/mol. The number of carbonyl (C=O) groups excluding carboxylic acids is 2. The number of aryl methyl sites for hydroxylation is 1. The van der Waals surface area contributed by atoms with Crippen molar-refractivity contribution in [1.82, 2.24) is 14.8 Å². The third-order valence-corrected chi connectivity index (χ3v) is 7.86. The second-order valence-corrected chi connectivity index (χ2v) is 10.3. The molecule has 34 heavy (non-hydrogen) atoms. The maximum absolute atomic E-state index is 14.0. The lowest BCUT2D eigenvalue weighted by Gasteiger charge is -2.45. The summed E-state index contributed by atoms with van der Waals surface area (Å²) in [4.78, 5) is 29.7. The van der Waals surface area contributed by atoms with Gasteiger partial charge in [0.25, 0.3) is 5.91 Å². The van der Waals surface area contributed by atoms with Crippen molar-refractivity contribution < 1.29 is 9.59 Å². The minimum absolute atomic E-state index is 0.0385. The lowest BCUT2D eigenvalue weighted by molar-refractivity contribution is -0.134. The molecule has 1 aliphatic carbocycles. The van der Waals surface area contributed by atoms with Crippen LogP contribution in [0, 0.1) is 6.92 Å². The number of hydrogen-bond acceptors (Lipinski definition) is 2. The number of amides is 2. The molecule has 1 N–H and O–H groups in total. The Hall–Kier alpha value is -3.08. The van der Waals surface area contributed by atoms with Gasteiger partial charge in [-0.25, -0.2) is 0 Å². The van der Waals surface area contributed by atoms with Crippen LogP contribution in [0.15, 0.2) is 54.6 Å². The molecule has 0 bridgehead atoms. The second kappa shape index (κ2) is 9.28. The van der Waals surface area contributed by atoms with Crippen LogP contribution in [0.1, 0.15) is 73.5 Å². The van der Waals surface area contributed by atoms with Crippen LogP contribution in [-0.2, 0) is 17.9 Å². The first-order valence-corrected chi connectivity index (χ1v) is 12.7. The average molecular weight is 458 g/mol. The van der Waals surface area contributed by atoms with E-state index in [0.29, 0.717) is 18.8 Å². The van der Waals surface area contributed by atoms with Crippen LogP contribution >= 0.6 is 0 Å². The van der Waals surface area contributed by atoms with E-state index in [9.17, 15) is 9.59 Å². The van der Waals surface area contributed by atoms with Crippen molar-refractivity contribution in [3.05, 3.63) is 71.4 Å². The number of benzene rings is 2. The Morgan fingerprint density at radius 3 is 2.44 bits per heavy atom. The van der Waals surface area contributed by atoms with E-state index in [1.54, 1.807) is 0 Å². The summed E-state index contributed by atoms with van der Waals surface area (Å²) in [5, 5.41) is 4.41. The van der Waals surface area contributed by atoms with Crippen molar-refractivity contribution >= 4 is 22.7 Å². The first kappa shape index (κ1) is 22.7. The van der Waals surface area contributed by atoms with Gasteiger partial charge in [-0.1, -0.05) is 74.6 Å². The van der Waals surface area contributed by atoms with Gasteiger partial charge in [-0.15, -0.1) is 0 Å². The highest BCUT2D eigenvalue weighted by atomic mass is 16.2. The molecule has 0 spiro atoms. The summed E-state index contributed by atoms with van der Waals surface area (Å²) in [5.41, 5.74) is 2.89. The lowest BCUT2D eigenvalue weighted by Crippen LogP contribution is -2.64. The lowest BCUT2D eigenvalue weighted by atomic mass is 9.91. The van der Waals surface area contributed by atoms with Crippen LogP contribution in [0.4, 0.5) is 0 Å². The van der Waals surface area contributed by atoms with Crippen LogP contribution in [0.2, 0.25) is 0 Å². The molecule has 2 aromatic carbocycles. The molecule has 5 nitrogen and oxygen atoms in total. The Bertz CT molecular complexity index is 1210. The van der Waals surface area contributed by atoms with Crippen molar-refractivity contribution in [2.45, 2.75) is 83.5 Å². The number of nitrogens with one attached hydrogen (secondary N) is 1. The molecule has 0 radical (unpaired) electrons. The van der Waals surface area contributed by atoms with E-state index in [1.807, 2.05) is 58.9 Å². The summed E-state index contributed by atoms with van der Waals surface area (Å²) < 4.78 is 2.05. The molecule has 178 valence electrons. The van der Waals surface area contributed by atoms with E-state index in [-0.39, 0.29) is 17.9 Å². The average Bonchev–Trinajstić information content (AvgIpc) is 3.18. The van der Waals surface area contributed by atoms with Crippen molar-refractivity contribution in [2.75, 3.05) is 0 Å². The van der Waals surface area contributed by atoms with Gasteiger partial charge < -0.3 is 14.8 Å². The molecule has 1 saturated carbocycles. The largest absolute Gasteiger partial charge is 0.351 e. The standard InChI is InChI=1S/C29H35N3O2/c1-21-12-8-9-14-23(21)19-32-27(33)26-18-22-13-10-11-17-25(22)31(26)20-29(32,2)28(34)30-24-15-6-4-3-5-7-16-24/h8-14,17-18,24H,3-7,15-16,19-20H2,1-2H3,(H,30,34). The van der Waals surface area contributed by atoms with Gasteiger partial charge in [0.1, 0.15) is 11.2 Å². The van der Waals surface area contributed by atoms with E-state index < -0.39 is 5.54 Å². The second-order valence-electron chi connectivity index (χ2n) is 10.3. The number of nitrogens with zero attached hydrogens (tertiary/aromatic N) is 2. The van der Waals surface area contributed by atoms with Crippen molar-refractivity contribution in [3.8, 4) is 0 Å². The Balaban J connectivity index is 1.52. The molecular weight excluding hydrogens is 422 g/mol. The molecule has 2 aliphatic rings. The Morgan fingerprint density at radius 2 is 1.68 bits per heavy atom. The molecule has 2 amide bonds. The number of rotatable bonds is 4. The smallest absolute Gasteiger partial charge is 0.271 e. The van der Waals surface area contributed by atoms with E-state index in [4.69, 9.17) is 0 Å². The van der Waals surface area contributed by atoms with Crippen LogP contribution in [-0.4, -0.2) is 32.9 Å². The third-order valence-electron chi connectivity index (χ3n) is 7.86. The van der Waals surface area contributed by atoms with Gasteiger partial charge >= 0.3 is 0 Å². The highest BCUT2D eigenvalue weighted by Crippen LogP contribution is 2.34. The van der Waals surface area contributed by atoms with Gasteiger partial charge in [-0.3, -0.25) is 9.59 Å². The van der Waals surface area contributed by atoms with E-state index in [1.165, 1.54) is 19.3 Å². The van der Waals surface area contributed by atoms with Crippen molar-refractivity contribution in [3.63, 3.8) is 0 Å². The maximum Gasteiger partial charge on any atom is 0.271 e. The highest BCUT2D eigenvalue weighted by Gasteiger charge is 2.48. The van der Waals surface area contributed by atoms with Gasteiger partial charge in [0, 0.05) is 23.5 Å². The minimum Gasteiger partial charge on any atom is -0.351 e. The molecule has 1 fully saturated rings. The number of aromatic nitrogens is 1. The van der Waals surface area contributed by atoms with Gasteiger partial charge in [-0.05, 0) is 49.9 Å². The number of carbonyl (C=O) groups is 2. The zero-order chi connectivity index (χ0) is 23.7. The summed E-state index contributed by atoms with van der Waals surface area (Å²) in [5.74, 6) is -0.121. The summed E-state index contributed by atoms with van der Waals surface area (Å²) in [6.07, 6.45) is 8.11. The van der Waals surface area contributed by atoms with Crippen LogP contribution in [0.3, 0.4) is 0 Å².